The second kappa shape index (κ2) is 5.11. The lowest BCUT2D eigenvalue weighted by molar-refractivity contribution is -0.119. The summed E-state index contributed by atoms with van der Waals surface area (Å²) >= 11 is 0. The molecule has 0 heterocycles. The molecule has 0 spiro atoms. The Labute approximate surface area is 92.5 Å². The number of carbonyl (C=O) groups excluding carboxylic acids is 1. The molecule has 1 heteroatoms. The summed E-state index contributed by atoms with van der Waals surface area (Å²) in [6.45, 7) is 8.34. The normalized spacial score (nSPS) is 10.7. The fraction of sp³-hybridized carbons (Fsp3) is 0.500. The van der Waals surface area contributed by atoms with Crippen LogP contribution in [0, 0.1) is 19.8 Å². The first kappa shape index (κ1) is 12.0. The first-order valence-electron chi connectivity index (χ1n) is 5.57. The van der Waals surface area contributed by atoms with Crippen LogP contribution in [0.2, 0.25) is 0 Å². The van der Waals surface area contributed by atoms with Gasteiger partial charge in [0.05, 0.1) is 0 Å². The Balaban J connectivity index is 2.65. The van der Waals surface area contributed by atoms with Crippen LogP contribution in [0.3, 0.4) is 0 Å². The van der Waals surface area contributed by atoms with Gasteiger partial charge in [0.2, 0.25) is 0 Å². The number of hydrogen-bond donors (Lipinski definition) is 0. The average molecular weight is 204 g/mol. The lowest BCUT2D eigenvalue weighted by Gasteiger charge is -2.06. The predicted octanol–water partition coefficient (Wildman–Crippen LogP) is 3.46. The van der Waals surface area contributed by atoms with Crippen LogP contribution in [-0.4, -0.2) is 5.78 Å². The van der Waals surface area contributed by atoms with Gasteiger partial charge in [-0.1, -0.05) is 32.0 Å². The van der Waals surface area contributed by atoms with Gasteiger partial charge in [-0.3, -0.25) is 4.79 Å². The lowest BCUT2D eigenvalue weighted by Crippen LogP contribution is -2.06. The molecule has 0 aliphatic heterocycles. The molecule has 1 aromatic rings. The second-order valence-electron chi connectivity index (χ2n) is 4.73. The van der Waals surface area contributed by atoms with E-state index in [9.17, 15) is 4.79 Å². The highest BCUT2D eigenvalue weighted by molar-refractivity contribution is 5.81. The van der Waals surface area contributed by atoms with Crippen LogP contribution in [0.25, 0.3) is 0 Å². The van der Waals surface area contributed by atoms with E-state index in [1.807, 2.05) is 0 Å². The summed E-state index contributed by atoms with van der Waals surface area (Å²) in [4.78, 5) is 11.6. The maximum absolute atomic E-state index is 11.6. The van der Waals surface area contributed by atoms with Gasteiger partial charge in [-0.05, 0) is 36.5 Å². The molecule has 0 aromatic heterocycles. The van der Waals surface area contributed by atoms with Gasteiger partial charge in [0.15, 0.2) is 0 Å². The Hall–Kier alpha value is -1.11. The molecule has 82 valence electrons. The van der Waals surface area contributed by atoms with Crippen molar-refractivity contribution in [3.63, 3.8) is 0 Å². The van der Waals surface area contributed by atoms with E-state index >= 15 is 0 Å². The molecule has 0 unspecified atom stereocenters. The molecule has 1 nitrogen and oxygen atoms in total. The molecule has 15 heavy (non-hydrogen) atoms. The lowest BCUT2D eigenvalue weighted by atomic mass is 9.99. The standard InChI is InChI=1S/C14H20O/c1-10(2)7-14(15)9-13-6-5-11(3)12(4)8-13/h5-6,8,10H,7,9H2,1-4H3. The van der Waals surface area contributed by atoms with Crippen LogP contribution >= 0.6 is 0 Å². The van der Waals surface area contributed by atoms with Gasteiger partial charge in [-0.15, -0.1) is 0 Å². The number of rotatable bonds is 4. The van der Waals surface area contributed by atoms with E-state index in [0.717, 1.165) is 5.56 Å². The number of aryl methyl sites for hydroxylation is 2. The maximum atomic E-state index is 11.6. The van der Waals surface area contributed by atoms with E-state index < -0.39 is 0 Å². The topological polar surface area (TPSA) is 17.1 Å². The first-order valence-corrected chi connectivity index (χ1v) is 5.57. The van der Waals surface area contributed by atoms with Crippen LogP contribution < -0.4 is 0 Å². The van der Waals surface area contributed by atoms with Crippen molar-refractivity contribution >= 4 is 5.78 Å². The predicted molar refractivity (Wildman–Crippen MR) is 64.1 cm³/mol. The Morgan fingerprint density at radius 2 is 1.87 bits per heavy atom. The minimum atomic E-state index is 0.341. The average Bonchev–Trinajstić information content (AvgIpc) is 2.10. The summed E-state index contributed by atoms with van der Waals surface area (Å²) in [5.74, 6) is 0.803. The summed E-state index contributed by atoms with van der Waals surface area (Å²) in [7, 11) is 0. The molecule has 0 aliphatic carbocycles. The highest BCUT2D eigenvalue weighted by Crippen LogP contribution is 2.12. The van der Waals surface area contributed by atoms with Crippen LogP contribution in [0.1, 0.15) is 37.0 Å². The van der Waals surface area contributed by atoms with Gasteiger partial charge in [0.1, 0.15) is 5.78 Å². The molecule has 1 aromatic carbocycles. The number of ketones is 1. The van der Waals surface area contributed by atoms with E-state index in [-0.39, 0.29) is 0 Å². The zero-order valence-corrected chi connectivity index (χ0v) is 10.1. The molecule has 0 N–H and O–H groups in total. The van der Waals surface area contributed by atoms with Crippen LogP contribution in [0.5, 0.6) is 0 Å². The maximum Gasteiger partial charge on any atom is 0.137 e. The molecule has 1 rings (SSSR count). The van der Waals surface area contributed by atoms with Gasteiger partial charge in [0.25, 0.3) is 0 Å². The third-order valence-electron chi connectivity index (χ3n) is 2.61. The van der Waals surface area contributed by atoms with Gasteiger partial charge < -0.3 is 0 Å². The molecular formula is C14H20O. The third kappa shape index (κ3) is 3.86. The van der Waals surface area contributed by atoms with Crippen molar-refractivity contribution in [1.29, 1.82) is 0 Å². The number of carbonyl (C=O) groups is 1. The highest BCUT2D eigenvalue weighted by Gasteiger charge is 2.06. The van der Waals surface area contributed by atoms with Crippen molar-refractivity contribution in [1.82, 2.24) is 0 Å². The van der Waals surface area contributed by atoms with Gasteiger partial charge in [-0.2, -0.15) is 0 Å². The summed E-state index contributed by atoms with van der Waals surface area (Å²) in [6, 6.07) is 6.27. The Morgan fingerprint density at radius 3 is 2.40 bits per heavy atom. The highest BCUT2D eigenvalue weighted by atomic mass is 16.1. The number of hydrogen-bond acceptors (Lipinski definition) is 1. The zero-order valence-electron chi connectivity index (χ0n) is 10.1. The van der Waals surface area contributed by atoms with Crippen LogP contribution in [-0.2, 0) is 11.2 Å². The van der Waals surface area contributed by atoms with Gasteiger partial charge >= 0.3 is 0 Å². The van der Waals surface area contributed by atoms with Crippen molar-refractivity contribution in [2.75, 3.05) is 0 Å². The monoisotopic (exact) mass is 204 g/mol. The number of benzene rings is 1. The fourth-order valence-electron chi connectivity index (χ4n) is 1.67. The van der Waals surface area contributed by atoms with Crippen molar-refractivity contribution in [3.8, 4) is 0 Å². The summed E-state index contributed by atoms with van der Waals surface area (Å²) in [5.41, 5.74) is 3.70. The minimum Gasteiger partial charge on any atom is -0.299 e. The minimum absolute atomic E-state index is 0.341. The second-order valence-corrected chi connectivity index (χ2v) is 4.73. The Kier molecular flexibility index (Phi) is 4.07. The van der Waals surface area contributed by atoms with Crippen LogP contribution in [0.4, 0.5) is 0 Å². The molecule has 0 atom stereocenters. The van der Waals surface area contributed by atoms with E-state index in [1.165, 1.54) is 11.1 Å². The summed E-state index contributed by atoms with van der Waals surface area (Å²) < 4.78 is 0. The van der Waals surface area contributed by atoms with E-state index in [1.54, 1.807) is 0 Å². The molecule has 0 amide bonds. The van der Waals surface area contributed by atoms with Crippen molar-refractivity contribution in [3.05, 3.63) is 34.9 Å². The van der Waals surface area contributed by atoms with Crippen molar-refractivity contribution in [2.24, 2.45) is 5.92 Å². The Bertz CT molecular complexity index is 350. The van der Waals surface area contributed by atoms with E-state index in [4.69, 9.17) is 0 Å². The largest absolute Gasteiger partial charge is 0.299 e. The Morgan fingerprint density at radius 1 is 1.20 bits per heavy atom. The van der Waals surface area contributed by atoms with E-state index in [2.05, 4.69) is 45.9 Å². The quantitative estimate of drug-likeness (QED) is 0.734. The van der Waals surface area contributed by atoms with Crippen molar-refractivity contribution < 1.29 is 4.79 Å². The van der Waals surface area contributed by atoms with Crippen LogP contribution in [0.15, 0.2) is 18.2 Å². The van der Waals surface area contributed by atoms with Crippen molar-refractivity contribution in [2.45, 2.75) is 40.5 Å². The zero-order chi connectivity index (χ0) is 11.4. The molecule has 0 aliphatic rings. The van der Waals surface area contributed by atoms with Gasteiger partial charge in [0, 0.05) is 12.8 Å². The molecule has 0 radical (unpaired) electrons. The summed E-state index contributed by atoms with van der Waals surface area (Å²) in [5, 5.41) is 0. The number of Topliss-reactive ketones (excluding diaryl/α,β-unsaturated/α-hetero) is 1. The van der Waals surface area contributed by atoms with Gasteiger partial charge in [-0.25, -0.2) is 0 Å². The third-order valence-corrected chi connectivity index (χ3v) is 2.61. The van der Waals surface area contributed by atoms with E-state index in [0.29, 0.717) is 24.5 Å². The smallest absolute Gasteiger partial charge is 0.137 e. The molecule has 0 saturated heterocycles. The molecule has 0 fully saturated rings. The summed E-state index contributed by atoms with van der Waals surface area (Å²) in [6.07, 6.45) is 1.27. The SMILES string of the molecule is Cc1ccc(CC(=O)CC(C)C)cc1C. The molecule has 0 saturated carbocycles. The fourth-order valence-corrected chi connectivity index (χ4v) is 1.67. The first-order chi connectivity index (χ1) is 6.99. The molecular weight excluding hydrogens is 184 g/mol. The molecule has 0 bridgehead atoms.